The quantitative estimate of drug-likeness (QED) is 0.0658. The second kappa shape index (κ2) is 12.9. The number of hydrogen-bond acceptors (Lipinski definition) is 6. The molecule has 0 unspecified atom stereocenters. The first kappa shape index (κ1) is 28.9. The highest BCUT2D eigenvalue weighted by Gasteiger charge is 2.34. The topological polar surface area (TPSA) is 116 Å². The van der Waals surface area contributed by atoms with E-state index in [0.29, 0.717) is 10.6 Å². The van der Waals surface area contributed by atoms with Gasteiger partial charge in [-0.3, -0.25) is 19.7 Å². The van der Waals surface area contributed by atoms with Crippen LogP contribution in [0, 0.1) is 10.1 Å². The van der Waals surface area contributed by atoms with E-state index in [1.54, 1.807) is 48.5 Å². The standard InChI is InChI=1S/C29H19BrCl2N2O6/c30-25(18-9-6-10-20(15-18)34(38)39)27(26(35)17-7-2-1-3-8-17)40-29(37)22-11-4-5-12-24(22)33-28(36)21-14-13-19(31)16-23(21)32/h1-16,25,27H,(H,33,36)/t25-,27+/m1/s1. The van der Waals surface area contributed by atoms with Crippen LogP contribution >= 0.6 is 39.1 Å². The number of halogens is 3. The number of carbonyl (C=O) groups excluding carboxylic acids is 3. The first-order valence-electron chi connectivity index (χ1n) is 11.7. The van der Waals surface area contributed by atoms with Crippen LogP contribution in [0.3, 0.4) is 0 Å². The lowest BCUT2D eigenvalue weighted by Crippen LogP contribution is -2.32. The molecular weight excluding hydrogens is 623 g/mol. The van der Waals surface area contributed by atoms with Gasteiger partial charge in [-0.25, -0.2) is 4.79 Å². The van der Waals surface area contributed by atoms with Crippen LogP contribution in [0.1, 0.15) is 41.5 Å². The Bertz CT molecular complexity index is 1600. The number of carbonyl (C=O) groups is 3. The summed E-state index contributed by atoms with van der Waals surface area (Å²) in [6.45, 7) is 0. The maximum absolute atomic E-state index is 13.5. The van der Waals surface area contributed by atoms with Gasteiger partial charge in [0.1, 0.15) is 0 Å². The van der Waals surface area contributed by atoms with E-state index in [-0.39, 0.29) is 33.1 Å². The van der Waals surface area contributed by atoms with E-state index in [1.807, 2.05) is 0 Å². The van der Waals surface area contributed by atoms with Crippen molar-refractivity contribution in [1.29, 1.82) is 0 Å². The molecule has 4 aromatic carbocycles. The minimum atomic E-state index is -1.41. The van der Waals surface area contributed by atoms with Gasteiger partial charge in [0.05, 0.1) is 31.6 Å². The Morgan fingerprint density at radius 1 is 0.850 bits per heavy atom. The molecule has 8 nitrogen and oxygen atoms in total. The number of ketones is 1. The minimum Gasteiger partial charge on any atom is -0.449 e. The molecule has 1 N–H and O–H groups in total. The number of nitro benzene ring substituents is 1. The number of hydrogen-bond donors (Lipinski definition) is 1. The number of para-hydroxylation sites is 1. The molecule has 202 valence electrons. The third-order valence-electron chi connectivity index (χ3n) is 5.79. The Kier molecular flexibility index (Phi) is 9.31. The first-order valence-corrected chi connectivity index (χ1v) is 13.4. The van der Waals surface area contributed by atoms with E-state index >= 15 is 0 Å². The number of amides is 1. The van der Waals surface area contributed by atoms with Crippen molar-refractivity contribution in [2.45, 2.75) is 10.9 Å². The van der Waals surface area contributed by atoms with Gasteiger partial charge >= 0.3 is 5.97 Å². The Morgan fingerprint density at radius 2 is 1.55 bits per heavy atom. The maximum atomic E-state index is 13.5. The highest BCUT2D eigenvalue weighted by Crippen LogP contribution is 2.34. The summed E-state index contributed by atoms with van der Waals surface area (Å²) in [5.74, 6) is -2.02. The Hall–Kier alpha value is -4.05. The van der Waals surface area contributed by atoms with Crippen molar-refractivity contribution in [2.75, 3.05) is 5.32 Å². The molecule has 0 fully saturated rings. The van der Waals surface area contributed by atoms with E-state index in [0.717, 1.165) is 0 Å². The highest BCUT2D eigenvalue weighted by molar-refractivity contribution is 9.09. The fourth-order valence-corrected chi connectivity index (χ4v) is 4.94. The van der Waals surface area contributed by atoms with Crippen molar-refractivity contribution in [1.82, 2.24) is 0 Å². The largest absolute Gasteiger partial charge is 0.449 e. The molecule has 0 saturated carbocycles. The summed E-state index contributed by atoms with van der Waals surface area (Å²) in [5.41, 5.74) is 0.677. The third kappa shape index (κ3) is 6.74. The number of nitrogens with zero attached hydrogens (tertiary/aromatic N) is 1. The van der Waals surface area contributed by atoms with Gasteiger partial charge < -0.3 is 10.1 Å². The Morgan fingerprint density at radius 3 is 2.25 bits per heavy atom. The van der Waals surface area contributed by atoms with Crippen LogP contribution < -0.4 is 5.32 Å². The van der Waals surface area contributed by atoms with Gasteiger partial charge in [0, 0.05) is 22.7 Å². The molecule has 0 aliphatic rings. The fraction of sp³-hybridized carbons (Fsp3) is 0.0690. The van der Waals surface area contributed by atoms with E-state index in [2.05, 4.69) is 21.2 Å². The van der Waals surface area contributed by atoms with E-state index < -0.39 is 33.5 Å². The van der Waals surface area contributed by atoms with E-state index in [9.17, 15) is 24.5 Å². The number of nitrogens with one attached hydrogen (secondary N) is 1. The lowest BCUT2D eigenvalue weighted by atomic mass is 9.99. The molecule has 2 atom stereocenters. The molecule has 1 amide bonds. The normalized spacial score (nSPS) is 12.2. The van der Waals surface area contributed by atoms with Crippen LogP contribution in [0.4, 0.5) is 11.4 Å². The highest BCUT2D eigenvalue weighted by atomic mass is 79.9. The number of benzene rings is 4. The number of ether oxygens (including phenoxy) is 1. The number of nitro groups is 1. The predicted molar refractivity (Wildman–Crippen MR) is 156 cm³/mol. The molecule has 0 spiro atoms. The number of esters is 1. The van der Waals surface area contributed by atoms with Crippen LogP contribution in [0.5, 0.6) is 0 Å². The van der Waals surface area contributed by atoms with Gasteiger partial charge in [0.25, 0.3) is 11.6 Å². The molecule has 0 aromatic heterocycles. The molecule has 0 bridgehead atoms. The molecule has 0 radical (unpaired) electrons. The van der Waals surface area contributed by atoms with Crippen molar-refractivity contribution >= 4 is 68.2 Å². The molecule has 0 saturated heterocycles. The average molecular weight is 642 g/mol. The number of Topliss-reactive ketones (excluding diaryl/α,β-unsaturated/α-hetero) is 1. The number of non-ortho nitro benzene ring substituents is 1. The summed E-state index contributed by atoms with van der Waals surface area (Å²) < 4.78 is 5.74. The predicted octanol–water partition coefficient (Wildman–Crippen LogP) is 7.70. The van der Waals surface area contributed by atoms with E-state index in [1.165, 1.54) is 48.5 Å². The zero-order valence-corrected chi connectivity index (χ0v) is 23.5. The number of anilines is 1. The summed E-state index contributed by atoms with van der Waals surface area (Å²) in [7, 11) is 0. The molecule has 11 heteroatoms. The lowest BCUT2D eigenvalue weighted by Gasteiger charge is -2.23. The van der Waals surface area contributed by atoms with Crippen molar-refractivity contribution < 1.29 is 24.0 Å². The second-order valence-electron chi connectivity index (χ2n) is 8.43. The van der Waals surface area contributed by atoms with Gasteiger partial charge in [-0.05, 0) is 35.9 Å². The Labute approximate surface area is 247 Å². The van der Waals surface area contributed by atoms with Crippen molar-refractivity contribution in [3.63, 3.8) is 0 Å². The summed E-state index contributed by atoms with van der Waals surface area (Å²) in [5, 5.41) is 14.4. The van der Waals surface area contributed by atoms with Crippen LogP contribution in [-0.4, -0.2) is 28.7 Å². The van der Waals surface area contributed by atoms with E-state index in [4.69, 9.17) is 27.9 Å². The molecule has 0 aliphatic heterocycles. The molecule has 4 aromatic rings. The summed E-state index contributed by atoms with van der Waals surface area (Å²) >= 11 is 15.5. The van der Waals surface area contributed by atoms with Crippen molar-refractivity contribution in [3.05, 3.63) is 139 Å². The first-order chi connectivity index (χ1) is 19.2. The van der Waals surface area contributed by atoms with Crippen LogP contribution in [0.15, 0.2) is 97.1 Å². The molecule has 0 heterocycles. The molecule has 4 rings (SSSR count). The monoisotopic (exact) mass is 640 g/mol. The number of alkyl halides is 1. The van der Waals surface area contributed by atoms with Gasteiger partial charge in [-0.1, -0.05) is 93.7 Å². The van der Waals surface area contributed by atoms with Crippen LogP contribution in [0.2, 0.25) is 10.0 Å². The van der Waals surface area contributed by atoms with Crippen LogP contribution in [0.25, 0.3) is 0 Å². The van der Waals surface area contributed by atoms with Crippen molar-refractivity contribution in [2.24, 2.45) is 0 Å². The number of rotatable bonds is 9. The van der Waals surface area contributed by atoms with Gasteiger partial charge in [-0.2, -0.15) is 0 Å². The average Bonchev–Trinajstić information content (AvgIpc) is 2.95. The van der Waals surface area contributed by atoms with Gasteiger partial charge in [0.15, 0.2) is 6.10 Å². The van der Waals surface area contributed by atoms with Crippen LogP contribution in [-0.2, 0) is 4.74 Å². The fourth-order valence-electron chi connectivity index (χ4n) is 3.81. The zero-order chi connectivity index (χ0) is 28.8. The van der Waals surface area contributed by atoms with Gasteiger partial charge in [-0.15, -0.1) is 0 Å². The lowest BCUT2D eigenvalue weighted by molar-refractivity contribution is -0.384. The smallest absolute Gasteiger partial charge is 0.341 e. The van der Waals surface area contributed by atoms with Gasteiger partial charge in [0.2, 0.25) is 5.78 Å². The summed E-state index contributed by atoms with van der Waals surface area (Å²) in [4.78, 5) is 49.7. The molecular formula is C29H19BrCl2N2O6. The molecule has 40 heavy (non-hydrogen) atoms. The molecule has 0 aliphatic carbocycles. The second-order valence-corrected chi connectivity index (χ2v) is 10.3. The summed E-state index contributed by atoms with van der Waals surface area (Å²) in [6.07, 6.45) is -1.41. The summed E-state index contributed by atoms with van der Waals surface area (Å²) in [6, 6.07) is 24.3. The maximum Gasteiger partial charge on any atom is 0.341 e. The SMILES string of the molecule is O=C(Nc1ccccc1C(=O)O[C@H](C(=O)c1ccccc1)[C@H](Br)c1cccc([N+](=O)[O-])c1)c1ccc(Cl)cc1Cl. The Balaban J connectivity index is 1.66. The third-order valence-corrected chi connectivity index (χ3v) is 7.34. The zero-order valence-electron chi connectivity index (χ0n) is 20.4. The minimum absolute atomic E-state index is 0.0226. The van der Waals surface area contributed by atoms with Crippen molar-refractivity contribution in [3.8, 4) is 0 Å².